The SMILES string of the molecule is COC1=CC=C2N=CC(C3=CCNCC3)=C2C1. The van der Waals surface area contributed by atoms with Crippen LogP contribution in [0.5, 0.6) is 0 Å². The lowest BCUT2D eigenvalue weighted by Crippen LogP contribution is -2.21. The molecule has 17 heavy (non-hydrogen) atoms. The number of ether oxygens (including phenoxy) is 1. The molecule has 88 valence electrons. The maximum absolute atomic E-state index is 5.33. The van der Waals surface area contributed by atoms with Gasteiger partial charge in [0.15, 0.2) is 0 Å². The van der Waals surface area contributed by atoms with Gasteiger partial charge in [-0.15, -0.1) is 0 Å². The molecule has 1 aliphatic carbocycles. The minimum Gasteiger partial charge on any atom is -0.501 e. The van der Waals surface area contributed by atoms with Gasteiger partial charge < -0.3 is 10.1 Å². The van der Waals surface area contributed by atoms with Crippen LogP contribution in [0.3, 0.4) is 0 Å². The van der Waals surface area contributed by atoms with Gasteiger partial charge in [0.2, 0.25) is 0 Å². The zero-order valence-corrected chi connectivity index (χ0v) is 9.99. The first-order chi connectivity index (χ1) is 8.38. The highest BCUT2D eigenvalue weighted by Crippen LogP contribution is 2.35. The van der Waals surface area contributed by atoms with E-state index in [0.717, 1.165) is 37.4 Å². The third kappa shape index (κ3) is 1.87. The van der Waals surface area contributed by atoms with Gasteiger partial charge in [-0.3, -0.25) is 4.99 Å². The number of nitrogens with one attached hydrogen (secondary N) is 1. The molecular formula is C14H16N2O. The fourth-order valence-corrected chi connectivity index (χ4v) is 2.45. The van der Waals surface area contributed by atoms with Gasteiger partial charge >= 0.3 is 0 Å². The molecule has 0 saturated carbocycles. The van der Waals surface area contributed by atoms with Crippen molar-refractivity contribution in [1.29, 1.82) is 0 Å². The molecule has 0 atom stereocenters. The number of hydrogen-bond acceptors (Lipinski definition) is 3. The third-order valence-corrected chi connectivity index (χ3v) is 3.42. The lowest BCUT2D eigenvalue weighted by atomic mass is 9.92. The summed E-state index contributed by atoms with van der Waals surface area (Å²) in [6.07, 6.45) is 10.3. The van der Waals surface area contributed by atoms with Gasteiger partial charge in [0.1, 0.15) is 5.76 Å². The molecule has 0 aromatic carbocycles. The van der Waals surface area contributed by atoms with Crippen molar-refractivity contribution in [3.05, 3.63) is 46.4 Å². The summed E-state index contributed by atoms with van der Waals surface area (Å²) < 4.78 is 5.33. The Labute approximate surface area is 101 Å². The van der Waals surface area contributed by atoms with Crippen LogP contribution >= 0.6 is 0 Å². The lowest BCUT2D eigenvalue weighted by Gasteiger charge is -2.17. The highest BCUT2D eigenvalue weighted by Gasteiger charge is 2.22. The Kier molecular flexibility index (Phi) is 2.69. The fraction of sp³-hybridized carbons (Fsp3) is 0.357. The van der Waals surface area contributed by atoms with Gasteiger partial charge in [-0.05, 0) is 36.3 Å². The summed E-state index contributed by atoms with van der Waals surface area (Å²) in [6.45, 7) is 2.02. The summed E-state index contributed by atoms with van der Waals surface area (Å²) in [6, 6.07) is 0. The van der Waals surface area contributed by atoms with Gasteiger partial charge in [-0.1, -0.05) is 6.08 Å². The Morgan fingerprint density at radius 1 is 1.35 bits per heavy atom. The quantitative estimate of drug-likeness (QED) is 0.785. The summed E-state index contributed by atoms with van der Waals surface area (Å²) in [4.78, 5) is 4.48. The Hall–Kier alpha value is -1.61. The molecule has 0 radical (unpaired) electrons. The Bertz CT molecular complexity index is 492. The second-order valence-electron chi connectivity index (χ2n) is 4.40. The van der Waals surface area contributed by atoms with Crippen LogP contribution in [0.25, 0.3) is 0 Å². The maximum Gasteiger partial charge on any atom is 0.100 e. The Morgan fingerprint density at radius 3 is 3.06 bits per heavy atom. The van der Waals surface area contributed by atoms with E-state index in [0.29, 0.717) is 0 Å². The van der Waals surface area contributed by atoms with Crippen molar-refractivity contribution in [2.75, 3.05) is 20.2 Å². The van der Waals surface area contributed by atoms with Crippen molar-refractivity contribution in [3.8, 4) is 0 Å². The highest BCUT2D eigenvalue weighted by atomic mass is 16.5. The molecule has 3 heteroatoms. The molecule has 0 amide bonds. The van der Waals surface area contributed by atoms with Crippen molar-refractivity contribution in [1.82, 2.24) is 5.32 Å². The molecule has 2 aliphatic heterocycles. The van der Waals surface area contributed by atoms with E-state index >= 15 is 0 Å². The first-order valence-electron chi connectivity index (χ1n) is 6.01. The molecular weight excluding hydrogens is 212 g/mol. The van der Waals surface area contributed by atoms with Gasteiger partial charge in [-0.25, -0.2) is 0 Å². The number of allylic oxidation sites excluding steroid dienone is 5. The normalized spacial score (nSPS) is 23.0. The van der Waals surface area contributed by atoms with E-state index in [9.17, 15) is 0 Å². The van der Waals surface area contributed by atoms with E-state index in [1.165, 1.54) is 16.7 Å². The molecule has 3 rings (SSSR count). The first-order valence-corrected chi connectivity index (χ1v) is 6.01. The number of fused-ring (bicyclic) bond motifs is 1. The molecule has 2 heterocycles. The number of methoxy groups -OCH3 is 1. The topological polar surface area (TPSA) is 33.6 Å². The van der Waals surface area contributed by atoms with Crippen LogP contribution in [0.4, 0.5) is 0 Å². The molecule has 1 N–H and O–H groups in total. The van der Waals surface area contributed by atoms with Crippen LogP contribution in [0, 0.1) is 0 Å². The van der Waals surface area contributed by atoms with Crippen molar-refractivity contribution >= 4 is 6.21 Å². The smallest absolute Gasteiger partial charge is 0.100 e. The zero-order chi connectivity index (χ0) is 11.7. The van der Waals surface area contributed by atoms with Crippen molar-refractivity contribution in [2.45, 2.75) is 12.8 Å². The van der Waals surface area contributed by atoms with Crippen LogP contribution in [-0.4, -0.2) is 26.4 Å². The van der Waals surface area contributed by atoms with E-state index in [4.69, 9.17) is 4.74 Å². The second-order valence-corrected chi connectivity index (χ2v) is 4.40. The van der Waals surface area contributed by atoms with Crippen LogP contribution in [0.15, 0.2) is 51.4 Å². The summed E-state index contributed by atoms with van der Waals surface area (Å²) in [7, 11) is 1.73. The van der Waals surface area contributed by atoms with Crippen molar-refractivity contribution in [2.24, 2.45) is 4.99 Å². The predicted octanol–water partition coefficient (Wildman–Crippen LogP) is 2.10. The third-order valence-electron chi connectivity index (χ3n) is 3.42. The lowest BCUT2D eigenvalue weighted by molar-refractivity contribution is 0.282. The van der Waals surface area contributed by atoms with Crippen LogP contribution in [-0.2, 0) is 4.74 Å². The number of nitrogens with zero attached hydrogens (tertiary/aromatic N) is 1. The van der Waals surface area contributed by atoms with Gasteiger partial charge in [0.05, 0.1) is 12.8 Å². The molecule has 0 bridgehead atoms. The van der Waals surface area contributed by atoms with E-state index in [2.05, 4.69) is 16.4 Å². The van der Waals surface area contributed by atoms with Crippen LogP contribution in [0.2, 0.25) is 0 Å². The molecule has 0 saturated heterocycles. The van der Waals surface area contributed by atoms with Gasteiger partial charge in [0.25, 0.3) is 0 Å². The Balaban J connectivity index is 1.96. The molecule has 3 aliphatic rings. The molecule has 0 aromatic rings. The van der Waals surface area contributed by atoms with Gasteiger partial charge in [-0.2, -0.15) is 0 Å². The summed E-state index contributed by atoms with van der Waals surface area (Å²) >= 11 is 0. The zero-order valence-electron chi connectivity index (χ0n) is 9.99. The van der Waals surface area contributed by atoms with E-state index in [1.807, 2.05) is 18.4 Å². The molecule has 3 nitrogen and oxygen atoms in total. The van der Waals surface area contributed by atoms with Gasteiger partial charge in [0, 0.05) is 24.8 Å². The number of aliphatic imine (C=N–C) groups is 1. The first kappa shape index (κ1) is 10.5. The van der Waals surface area contributed by atoms with E-state index < -0.39 is 0 Å². The minimum atomic E-state index is 0.864. The molecule has 0 unspecified atom stereocenters. The average Bonchev–Trinajstić information content (AvgIpc) is 2.82. The van der Waals surface area contributed by atoms with Crippen LogP contribution < -0.4 is 5.32 Å². The minimum absolute atomic E-state index is 0.864. The van der Waals surface area contributed by atoms with Crippen molar-refractivity contribution < 1.29 is 4.74 Å². The average molecular weight is 228 g/mol. The molecule has 0 spiro atoms. The standard InChI is InChI=1S/C14H16N2O/c1-17-11-2-3-14-12(8-11)13(9-16-14)10-4-6-15-7-5-10/h2-4,9,15H,5-8H2,1H3. The Morgan fingerprint density at radius 2 is 2.29 bits per heavy atom. The largest absolute Gasteiger partial charge is 0.501 e. The summed E-state index contributed by atoms with van der Waals surface area (Å²) in [5.74, 6) is 1.02. The van der Waals surface area contributed by atoms with E-state index in [1.54, 1.807) is 7.11 Å². The summed E-state index contributed by atoms with van der Waals surface area (Å²) in [5.41, 5.74) is 5.14. The highest BCUT2D eigenvalue weighted by molar-refractivity contribution is 5.92. The second kappa shape index (κ2) is 4.34. The van der Waals surface area contributed by atoms with Crippen molar-refractivity contribution in [3.63, 3.8) is 0 Å². The summed E-state index contributed by atoms with van der Waals surface area (Å²) in [5, 5.41) is 3.34. The van der Waals surface area contributed by atoms with Crippen LogP contribution in [0.1, 0.15) is 12.8 Å². The fourth-order valence-electron chi connectivity index (χ4n) is 2.45. The maximum atomic E-state index is 5.33. The molecule has 0 fully saturated rings. The monoisotopic (exact) mass is 228 g/mol. The molecule has 0 aromatic heterocycles. The number of hydrogen-bond donors (Lipinski definition) is 1. The predicted molar refractivity (Wildman–Crippen MR) is 68.9 cm³/mol. The number of rotatable bonds is 2. The van der Waals surface area contributed by atoms with E-state index in [-0.39, 0.29) is 0 Å².